The highest BCUT2D eigenvalue weighted by molar-refractivity contribution is 7.89. The molecule has 0 aromatic heterocycles. The van der Waals surface area contributed by atoms with E-state index in [0.717, 1.165) is 12.8 Å². The fourth-order valence-electron chi connectivity index (χ4n) is 3.30. The highest BCUT2D eigenvalue weighted by Crippen LogP contribution is 2.33. The highest BCUT2D eigenvalue weighted by Gasteiger charge is 2.34. The first-order chi connectivity index (χ1) is 8.90. The van der Waals surface area contributed by atoms with Gasteiger partial charge in [-0.2, -0.15) is 0 Å². The van der Waals surface area contributed by atoms with Crippen LogP contribution in [-0.4, -0.2) is 14.5 Å². The number of benzene rings is 1. The summed E-state index contributed by atoms with van der Waals surface area (Å²) in [5, 5.41) is 0. The number of rotatable bonds is 3. The Morgan fingerprint density at radius 1 is 1.00 bits per heavy atom. The molecule has 106 valence electrons. The molecule has 1 aromatic carbocycles. The van der Waals surface area contributed by atoms with E-state index in [2.05, 4.69) is 25.5 Å². The Kier molecular flexibility index (Phi) is 4.31. The topological polar surface area (TPSA) is 46.2 Å². The number of hydrogen-bond acceptors (Lipinski definition) is 2. The van der Waals surface area contributed by atoms with Gasteiger partial charge in [0.1, 0.15) is 0 Å². The maximum Gasteiger partial charge on any atom is 0.240 e. The molecule has 0 bridgehead atoms. The summed E-state index contributed by atoms with van der Waals surface area (Å²) in [5.74, 6) is 1.46. The third kappa shape index (κ3) is 3.37. The lowest BCUT2D eigenvalue weighted by Crippen LogP contribution is -2.47. The molecule has 1 aliphatic rings. The Bertz CT molecular complexity index is 500. The SMILES string of the molecule is CC1CC(C)C(NS(=O)(=O)c2ccccc2)C(C)C1. The Morgan fingerprint density at radius 2 is 1.53 bits per heavy atom. The lowest BCUT2D eigenvalue weighted by molar-refractivity contribution is 0.182. The van der Waals surface area contributed by atoms with Gasteiger partial charge in [0.2, 0.25) is 10.0 Å². The molecular weight excluding hydrogens is 258 g/mol. The van der Waals surface area contributed by atoms with Crippen molar-refractivity contribution in [1.82, 2.24) is 4.72 Å². The van der Waals surface area contributed by atoms with Crippen molar-refractivity contribution >= 4 is 10.0 Å². The molecule has 0 heterocycles. The van der Waals surface area contributed by atoms with Crippen molar-refractivity contribution in [1.29, 1.82) is 0 Å². The van der Waals surface area contributed by atoms with Crippen LogP contribution in [0, 0.1) is 17.8 Å². The first-order valence-electron chi connectivity index (χ1n) is 6.97. The molecule has 0 aliphatic heterocycles. The van der Waals surface area contributed by atoms with Crippen LogP contribution < -0.4 is 4.72 Å². The zero-order chi connectivity index (χ0) is 14.0. The van der Waals surface area contributed by atoms with Crippen molar-refractivity contribution in [2.24, 2.45) is 17.8 Å². The Morgan fingerprint density at radius 3 is 2.05 bits per heavy atom. The maximum absolute atomic E-state index is 12.4. The van der Waals surface area contributed by atoms with E-state index in [1.807, 2.05) is 6.07 Å². The van der Waals surface area contributed by atoms with Gasteiger partial charge >= 0.3 is 0 Å². The number of hydrogen-bond donors (Lipinski definition) is 1. The molecule has 1 aromatic rings. The molecule has 2 atom stereocenters. The van der Waals surface area contributed by atoms with E-state index in [0.29, 0.717) is 22.6 Å². The zero-order valence-electron chi connectivity index (χ0n) is 11.8. The first-order valence-corrected chi connectivity index (χ1v) is 8.46. The summed E-state index contributed by atoms with van der Waals surface area (Å²) in [6, 6.07) is 8.66. The second-order valence-electron chi connectivity index (χ2n) is 5.99. The van der Waals surface area contributed by atoms with E-state index in [1.165, 1.54) is 0 Å². The van der Waals surface area contributed by atoms with Crippen molar-refractivity contribution in [3.8, 4) is 0 Å². The number of nitrogens with one attached hydrogen (secondary N) is 1. The summed E-state index contributed by atoms with van der Waals surface area (Å²) >= 11 is 0. The third-order valence-corrected chi connectivity index (χ3v) is 5.59. The minimum atomic E-state index is -3.39. The average Bonchev–Trinajstić information content (AvgIpc) is 2.35. The first kappa shape index (κ1) is 14.5. The fraction of sp³-hybridized carbons (Fsp3) is 0.600. The Balaban J connectivity index is 2.16. The standard InChI is InChI=1S/C15H23NO2S/c1-11-9-12(2)15(13(3)10-11)16-19(17,18)14-7-5-4-6-8-14/h4-8,11-13,15-16H,9-10H2,1-3H3. The monoisotopic (exact) mass is 281 g/mol. The van der Waals surface area contributed by atoms with Crippen molar-refractivity contribution in [2.75, 3.05) is 0 Å². The molecular formula is C15H23NO2S. The molecule has 2 rings (SSSR count). The second-order valence-corrected chi connectivity index (χ2v) is 7.71. The molecule has 1 N–H and O–H groups in total. The molecule has 19 heavy (non-hydrogen) atoms. The van der Waals surface area contributed by atoms with Crippen LogP contribution in [0.25, 0.3) is 0 Å². The van der Waals surface area contributed by atoms with Gasteiger partial charge in [0.05, 0.1) is 4.90 Å². The number of sulfonamides is 1. The van der Waals surface area contributed by atoms with Crippen LogP contribution >= 0.6 is 0 Å². The Hall–Kier alpha value is -0.870. The normalized spacial score (nSPS) is 32.2. The quantitative estimate of drug-likeness (QED) is 0.925. The van der Waals surface area contributed by atoms with Crippen LogP contribution in [0.1, 0.15) is 33.6 Å². The van der Waals surface area contributed by atoms with E-state index < -0.39 is 10.0 Å². The molecule has 2 unspecified atom stereocenters. The van der Waals surface area contributed by atoms with Crippen molar-refractivity contribution in [2.45, 2.75) is 44.6 Å². The summed E-state index contributed by atoms with van der Waals surface area (Å²) in [6.07, 6.45) is 2.18. The van der Waals surface area contributed by atoms with Gasteiger partial charge in [0, 0.05) is 6.04 Å². The lowest BCUT2D eigenvalue weighted by atomic mass is 9.74. The van der Waals surface area contributed by atoms with Crippen LogP contribution in [0.2, 0.25) is 0 Å². The highest BCUT2D eigenvalue weighted by atomic mass is 32.2. The summed E-state index contributed by atoms with van der Waals surface area (Å²) in [6.45, 7) is 6.53. The van der Waals surface area contributed by atoms with Crippen LogP contribution in [0.15, 0.2) is 35.2 Å². The summed E-state index contributed by atoms with van der Waals surface area (Å²) in [7, 11) is -3.39. The largest absolute Gasteiger partial charge is 0.240 e. The Labute approximate surface area is 116 Å². The van der Waals surface area contributed by atoms with Gasteiger partial charge in [-0.25, -0.2) is 13.1 Å². The molecule has 1 aliphatic carbocycles. The molecule has 0 saturated heterocycles. The lowest BCUT2D eigenvalue weighted by Gasteiger charge is -2.38. The molecule has 1 fully saturated rings. The minimum Gasteiger partial charge on any atom is -0.208 e. The van der Waals surface area contributed by atoms with Gasteiger partial charge in [0.15, 0.2) is 0 Å². The van der Waals surface area contributed by atoms with Gasteiger partial charge in [-0.3, -0.25) is 0 Å². The van der Waals surface area contributed by atoms with Crippen LogP contribution in [-0.2, 0) is 10.0 Å². The predicted molar refractivity (Wildman–Crippen MR) is 77.3 cm³/mol. The van der Waals surface area contributed by atoms with Gasteiger partial charge in [-0.1, -0.05) is 39.0 Å². The maximum atomic E-state index is 12.4. The van der Waals surface area contributed by atoms with Crippen LogP contribution in [0.4, 0.5) is 0 Å². The third-order valence-electron chi connectivity index (χ3n) is 4.12. The molecule has 0 amide bonds. The fourth-order valence-corrected chi connectivity index (χ4v) is 4.77. The van der Waals surface area contributed by atoms with Crippen molar-refractivity contribution < 1.29 is 8.42 Å². The van der Waals surface area contributed by atoms with Crippen molar-refractivity contribution in [3.05, 3.63) is 30.3 Å². The van der Waals surface area contributed by atoms with E-state index >= 15 is 0 Å². The van der Waals surface area contributed by atoms with Crippen LogP contribution in [0.3, 0.4) is 0 Å². The van der Waals surface area contributed by atoms with Gasteiger partial charge < -0.3 is 0 Å². The molecule has 3 nitrogen and oxygen atoms in total. The predicted octanol–water partition coefficient (Wildman–Crippen LogP) is 3.04. The van der Waals surface area contributed by atoms with E-state index in [-0.39, 0.29) is 6.04 Å². The van der Waals surface area contributed by atoms with E-state index in [9.17, 15) is 8.42 Å². The summed E-state index contributed by atoms with van der Waals surface area (Å²) in [4.78, 5) is 0.355. The van der Waals surface area contributed by atoms with Crippen LogP contribution in [0.5, 0.6) is 0 Å². The molecule has 4 heteroatoms. The smallest absolute Gasteiger partial charge is 0.208 e. The van der Waals surface area contributed by atoms with E-state index in [1.54, 1.807) is 24.3 Å². The van der Waals surface area contributed by atoms with E-state index in [4.69, 9.17) is 0 Å². The summed E-state index contributed by atoms with van der Waals surface area (Å²) in [5.41, 5.74) is 0. The summed E-state index contributed by atoms with van der Waals surface area (Å²) < 4.78 is 27.6. The van der Waals surface area contributed by atoms with Crippen molar-refractivity contribution in [3.63, 3.8) is 0 Å². The van der Waals surface area contributed by atoms with Gasteiger partial charge in [-0.15, -0.1) is 0 Å². The zero-order valence-corrected chi connectivity index (χ0v) is 12.7. The average molecular weight is 281 g/mol. The minimum absolute atomic E-state index is 0.0430. The van der Waals surface area contributed by atoms with Gasteiger partial charge in [0.25, 0.3) is 0 Å². The molecule has 1 saturated carbocycles. The van der Waals surface area contributed by atoms with Gasteiger partial charge in [-0.05, 0) is 42.7 Å². The molecule has 0 radical (unpaired) electrons. The molecule has 0 spiro atoms. The second kappa shape index (κ2) is 5.63.